The molecule has 0 fully saturated rings. The van der Waals surface area contributed by atoms with Crippen molar-refractivity contribution in [1.82, 2.24) is 0 Å². The van der Waals surface area contributed by atoms with Gasteiger partial charge in [0.1, 0.15) is 0 Å². The number of allylic oxidation sites excluding steroid dienone is 1. The molecule has 0 aliphatic heterocycles. The summed E-state index contributed by atoms with van der Waals surface area (Å²) in [6.45, 7) is -0.420. The standard InChI is InChI=1S/C21H15ClF9NO/c22-18-6-5-14(19(23,24)25)10-17(18)13(11-32-33)4-2-1-3-12-7-15(20(26,27)28)9-16(8-12)21(29,30)31/h1,3,5-10,13H,2,4,11H2/b3-1-. The van der Waals surface area contributed by atoms with Crippen LogP contribution in [-0.4, -0.2) is 6.54 Å². The summed E-state index contributed by atoms with van der Waals surface area (Å²) >= 11 is 5.96. The average Bonchev–Trinajstić information content (AvgIpc) is 2.68. The number of nitroso groups, excluding NO2 is 1. The molecule has 33 heavy (non-hydrogen) atoms. The molecular weight excluding hydrogens is 489 g/mol. The molecule has 0 amide bonds. The van der Waals surface area contributed by atoms with Crippen LogP contribution in [0.3, 0.4) is 0 Å². The van der Waals surface area contributed by atoms with Gasteiger partial charge in [-0.3, -0.25) is 0 Å². The lowest BCUT2D eigenvalue weighted by Crippen LogP contribution is -2.11. The van der Waals surface area contributed by atoms with E-state index in [2.05, 4.69) is 5.18 Å². The van der Waals surface area contributed by atoms with Gasteiger partial charge in [0.05, 0.1) is 23.2 Å². The summed E-state index contributed by atoms with van der Waals surface area (Å²) in [5, 5.41) is 2.66. The van der Waals surface area contributed by atoms with Crippen molar-refractivity contribution in [3.8, 4) is 0 Å². The second-order valence-electron chi connectivity index (χ2n) is 7.06. The van der Waals surface area contributed by atoms with Crippen LogP contribution in [0.2, 0.25) is 5.02 Å². The molecule has 0 heterocycles. The van der Waals surface area contributed by atoms with Gasteiger partial charge in [-0.25, -0.2) is 0 Å². The molecule has 12 heteroatoms. The molecule has 0 saturated heterocycles. The van der Waals surface area contributed by atoms with Crippen molar-refractivity contribution in [3.05, 3.63) is 80.2 Å². The van der Waals surface area contributed by atoms with Gasteiger partial charge in [-0.2, -0.15) is 44.4 Å². The largest absolute Gasteiger partial charge is 0.416 e. The van der Waals surface area contributed by atoms with Crippen LogP contribution < -0.4 is 0 Å². The summed E-state index contributed by atoms with van der Waals surface area (Å²) in [4.78, 5) is 10.8. The number of benzene rings is 2. The molecule has 2 rings (SSSR count). The van der Waals surface area contributed by atoms with Gasteiger partial charge >= 0.3 is 18.5 Å². The molecule has 0 aromatic heterocycles. The first kappa shape index (κ1) is 26.7. The number of alkyl halides is 9. The summed E-state index contributed by atoms with van der Waals surface area (Å²) in [5.41, 5.74) is -4.29. The van der Waals surface area contributed by atoms with Crippen LogP contribution in [0.1, 0.15) is 46.6 Å². The zero-order valence-corrected chi connectivity index (χ0v) is 17.2. The number of hydrogen-bond acceptors (Lipinski definition) is 2. The molecule has 0 N–H and O–H groups in total. The van der Waals surface area contributed by atoms with E-state index in [0.717, 1.165) is 24.3 Å². The van der Waals surface area contributed by atoms with Crippen LogP contribution in [0, 0.1) is 4.91 Å². The predicted octanol–water partition coefficient (Wildman–Crippen LogP) is 8.74. The molecule has 0 aliphatic rings. The third-order valence-electron chi connectivity index (χ3n) is 4.66. The second-order valence-corrected chi connectivity index (χ2v) is 7.47. The van der Waals surface area contributed by atoms with Gasteiger partial charge in [0.25, 0.3) is 0 Å². The molecule has 1 atom stereocenters. The maximum Gasteiger partial charge on any atom is 0.416 e. The molecule has 0 bridgehead atoms. The van der Waals surface area contributed by atoms with Crippen LogP contribution in [0.4, 0.5) is 39.5 Å². The molecule has 2 aromatic rings. The van der Waals surface area contributed by atoms with Gasteiger partial charge in [0.2, 0.25) is 0 Å². The average molecular weight is 504 g/mol. The van der Waals surface area contributed by atoms with Gasteiger partial charge in [-0.1, -0.05) is 28.9 Å². The van der Waals surface area contributed by atoms with Crippen LogP contribution >= 0.6 is 11.6 Å². The van der Waals surface area contributed by atoms with Gasteiger partial charge in [0, 0.05) is 10.9 Å². The molecule has 180 valence electrons. The summed E-state index contributed by atoms with van der Waals surface area (Å²) in [7, 11) is 0. The summed E-state index contributed by atoms with van der Waals surface area (Å²) in [6, 6.07) is 3.65. The van der Waals surface area contributed by atoms with Crippen molar-refractivity contribution in [2.45, 2.75) is 37.3 Å². The van der Waals surface area contributed by atoms with E-state index in [1.807, 2.05) is 0 Å². The first-order valence-corrected chi connectivity index (χ1v) is 9.62. The summed E-state index contributed by atoms with van der Waals surface area (Å²) < 4.78 is 117. The molecule has 2 nitrogen and oxygen atoms in total. The van der Waals surface area contributed by atoms with Crippen molar-refractivity contribution in [2.75, 3.05) is 6.54 Å². The Morgan fingerprint density at radius 2 is 1.36 bits per heavy atom. The number of halogens is 10. The fourth-order valence-corrected chi connectivity index (χ4v) is 3.33. The van der Waals surface area contributed by atoms with Gasteiger partial charge in [-0.15, -0.1) is 0 Å². The normalized spacial score (nSPS) is 14.0. The molecule has 0 spiro atoms. The molecule has 0 saturated carbocycles. The van der Waals surface area contributed by atoms with Crippen LogP contribution in [0.5, 0.6) is 0 Å². The van der Waals surface area contributed by atoms with E-state index in [-0.39, 0.29) is 35.1 Å². The highest BCUT2D eigenvalue weighted by Gasteiger charge is 2.36. The van der Waals surface area contributed by atoms with Crippen LogP contribution in [0.25, 0.3) is 6.08 Å². The minimum Gasteiger partial charge on any atom is -0.166 e. The number of hydrogen-bond donors (Lipinski definition) is 0. The van der Waals surface area contributed by atoms with E-state index in [1.54, 1.807) is 0 Å². The number of nitrogens with zero attached hydrogens (tertiary/aromatic N) is 1. The van der Waals surface area contributed by atoms with Gasteiger partial charge in [0.15, 0.2) is 0 Å². The first-order valence-electron chi connectivity index (χ1n) is 9.24. The second kappa shape index (κ2) is 10.1. The van der Waals surface area contributed by atoms with Crippen LogP contribution in [0.15, 0.2) is 47.7 Å². The minimum absolute atomic E-state index is 0.00123. The van der Waals surface area contributed by atoms with Gasteiger partial charge in [-0.05, 0) is 60.4 Å². The van der Waals surface area contributed by atoms with E-state index >= 15 is 0 Å². The Balaban J connectivity index is 2.25. The monoisotopic (exact) mass is 503 g/mol. The Morgan fingerprint density at radius 3 is 1.85 bits per heavy atom. The Labute approximate surface area is 187 Å². The van der Waals surface area contributed by atoms with Crippen molar-refractivity contribution in [2.24, 2.45) is 5.18 Å². The maximum atomic E-state index is 13.0. The van der Waals surface area contributed by atoms with E-state index < -0.39 is 47.7 Å². The van der Waals surface area contributed by atoms with E-state index in [9.17, 15) is 44.4 Å². The van der Waals surface area contributed by atoms with E-state index in [0.29, 0.717) is 12.1 Å². The Kier molecular flexibility index (Phi) is 8.21. The molecule has 1 unspecified atom stereocenters. The maximum absolute atomic E-state index is 13.0. The highest BCUT2D eigenvalue weighted by Crippen LogP contribution is 2.38. The highest BCUT2D eigenvalue weighted by molar-refractivity contribution is 6.31. The molecule has 0 radical (unpaired) electrons. The Morgan fingerprint density at radius 1 is 0.818 bits per heavy atom. The van der Waals surface area contributed by atoms with E-state index in [1.165, 1.54) is 6.08 Å². The third-order valence-corrected chi connectivity index (χ3v) is 5.00. The first-order chi connectivity index (χ1) is 15.1. The molecule has 2 aromatic carbocycles. The lowest BCUT2D eigenvalue weighted by molar-refractivity contribution is -0.143. The van der Waals surface area contributed by atoms with Crippen molar-refractivity contribution >= 4 is 17.7 Å². The molecular formula is C21H15ClF9NO. The van der Waals surface area contributed by atoms with Crippen LogP contribution in [-0.2, 0) is 18.5 Å². The summed E-state index contributed by atoms with van der Waals surface area (Å²) in [6.07, 6.45) is -12.3. The number of rotatable bonds is 7. The molecule has 0 aliphatic carbocycles. The van der Waals surface area contributed by atoms with Crippen molar-refractivity contribution in [3.63, 3.8) is 0 Å². The zero-order chi connectivity index (χ0) is 25.0. The highest BCUT2D eigenvalue weighted by atomic mass is 35.5. The van der Waals surface area contributed by atoms with E-state index in [4.69, 9.17) is 11.6 Å². The smallest absolute Gasteiger partial charge is 0.166 e. The fraction of sp³-hybridized carbons (Fsp3) is 0.333. The Hall–Kier alpha value is -2.56. The lowest BCUT2D eigenvalue weighted by atomic mass is 9.92. The summed E-state index contributed by atoms with van der Waals surface area (Å²) in [5.74, 6) is -0.839. The van der Waals surface area contributed by atoms with Gasteiger partial charge < -0.3 is 0 Å². The lowest BCUT2D eigenvalue weighted by Gasteiger charge is -2.17. The Bertz CT molecular complexity index is 978. The third kappa shape index (κ3) is 7.48. The SMILES string of the molecule is O=NCC(CC/C=C\c1cc(C(F)(F)F)cc(C(F)(F)F)c1)c1cc(C(F)(F)F)ccc1Cl. The zero-order valence-electron chi connectivity index (χ0n) is 16.5. The van der Waals surface area contributed by atoms with Crippen molar-refractivity contribution < 1.29 is 39.5 Å². The minimum atomic E-state index is -5.00. The predicted molar refractivity (Wildman–Crippen MR) is 105 cm³/mol. The quantitative estimate of drug-likeness (QED) is 0.274. The fourth-order valence-electron chi connectivity index (χ4n) is 3.06. The van der Waals surface area contributed by atoms with Crippen molar-refractivity contribution in [1.29, 1.82) is 0 Å². The topological polar surface area (TPSA) is 29.4 Å².